The molecule has 15 heteroatoms. The molecule has 0 spiro atoms. The molecule has 13 atom stereocenters. The number of aliphatic hydroxyl groups excluding tert-OH is 1. The number of rotatable bonds is 29. The molecule has 0 amide bonds. The number of hydrogen-bond acceptors (Lipinski definition) is 15. The Morgan fingerprint density at radius 2 is 0.714 bits per heavy atom. The van der Waals surface area contributed by atoms with Crippen LogP contribution in [0.1, 0.15) is 45.9 Å². The smallest absolute Gasteiger partial charge is 0.303 e. The quantitative estimate of drug-likeness (QED) is 0.0442. The molecule has 7 aromatic rings. The summed E-state index contributed by atoms with van der Waals surface area (Å²) in [5, 5.41) is 12.6. The molecule has 3 heterocycles. The Kier molecular flexibility index (Phi) is 22.8. The maximum atomic E-state index is 13.3. The van der Waals surface area contributed by atoms with E-state index in [2.05, 4.69) is 0 Å². The molecule has 0 aromatic heterocycles. The highest BCUT2D eigenvalue weighted by molar-refractivity contribution is 5.66. The predicted octanol–water partition coefficient (Wildman–Crippen LogP) is 10.4. The van der Waals surface area contributed by atoms with Crippen molar-refractivity contribution >= 4 is 5.97 Å². The molecule has 2 fully saturated rings. The Balaban J connectivity index is 0.949. The second-order valence-corrected chi connectivity index (χ2v) is 20.9. The lowest BCUT2D eigenvalue weighted by Crippen LogP contribution is -2.64. The third kappa shape index (κ3) is 17.6. The lowest BCUT2D eigenvalue weighted by molar-refractivity contribution is -0.347. The Morgan fingerprint density at radius 1 is 0.369 bits per heavy atom. The molecular weight excluding hydrogens is 1070 g/mol. The van der Waals surface area contributed by atoms with Crippen molar-refractivity contribution in [2.24, 2.45) is 0 Å². The molecule has 3 aliphatic heterocycles. The van der Waals surface area contributed by atoms with Gasteiger partial charge in [-0.2, -0.15) is 0 Å². The van der Waals surface area contributed by atoms with Gasteiger partial charge in [0.2, 0.25) is 0 Å². The first-order valence-corrected chi connectivity index (χ1v) is 28.7. The van der Waals surface area contributed by atoms with Crippen LogP contribution in [0, 0.1) is 0 Å². The summed E-state index contributed by atoms with van der Waals surface area (Å²) >= 11 is 0. The van der Waals surface area contributed by atoms with Crippen molar-refractivity contribution in [1.82, 2.24) is 0 Å². The lowest BCUT2D eigenvalue weighted by Gasteiger charge is -2.47. The molecule has 0 radical (unpaired) electrons. The zero-order valence-corrected chi connectivity index (χ0v) is 47.1. The van der Waals surface area contributed by atoms with Crippen LogP contribution in [0.25, 0.3) is 0 Å². The minimum absolute atomic E-state index is 0.0546. The van der Waals surface area contributed by atoms with Crippen LogP contribution in [0.15, 0.2) is 225 Å². The molecule has 7 aromatic carbocycles. The first-order chi connectivity index (χ1) is 41.4. The van der Waals surface area contributed by atoms with E-state index in [1.54, 1.807) is 6.26 Å². The summed E-state index contributed by atoms with van der Waals surface area (Å²) in [4.78, 5) is 13.3. The fourth-order valence-electron chi connectivity index (χ4n) is 10.4. The number of esters is 1. The largest absolute Gasteiger partial charge is 0.493 e. The van der Waals surface area contributed by atoms with E-state index >= 15 is 0 Å². The molecular formula is C69H74O15. The number of aliphatic hydroxyl groups is 1. The van der Waals surface area contributed by atoms with Gasteiger partial charge >= 0.3 is 5.97 Å². The third-order valence-corrected chi connectivity index (χ3v) is 14.7. The van der Waals surface area contributed by atoms with Gasteiger partial charge in [0, 0.05) is 6.92 Å². The van der Waals surface area contributed by atoms with Crippen LogP contribution in [0.4, 0.5) is 0 Å². The zero-order valence-electron chi connectivity index (χ0n) is 47.1. The number of ether oxygens (including phenoxy) is 13. The van der Waals surface area contributed by atoms with Crippen LogP contribution in [0.3, 0.4) is 0 Å². The van der Waals surface area contributed by atoms with Gasteiger partial charge in [-0.15, -0.1) is 0 Å². The summed E-state index contributed by atoms with van der Waals surface area (Å²) in [5.41, 5.74) is 6.49. The highest BCUT2D eigenvalue weighted by Gasteiger charge is 2.53. The van der Waals surface area contributed by atoms with Gasteiger partial charge in [-0.25, -0.2) is 0 Å². The van der Waals surface area contributed by atoms with Gasteiger partial charge in [0.1, 0.15) is 54.9 Å². The maximum absolute atomic E-state index is 13.3. The minimum Gasteiger partial charge on any atom is -0.493 e. The van der Waals surface area contributed by atoms with E-state index in [4.69, 9.17) is 61.6 Å². The Labute approximate surface area is 491 Å². The van der Waals surface area contributed by atoms with E-state index in [-0.39, 0.29) is 59.5 Å². The van der Waals surface area contributed by atoms with E-state index in [0.29, 0.717) is 6.61 Å². The first-order valence-electron chi connectivity index (χ1n) is 28.7. The molecule has 0 aliphatic carbocycles. The lowest BCUT2D eigenvalue weighted by atomic mass is 9.97. The molecule has 2 saturated heterocycles. The third-order valence-electron chi connectivity index (χ3n) is 14.7. The second kappa shape index (κ2) is 31.8. The number of carbonyl (C=O) groups is 1. The highest BCUT2D eigenvalue weighted by atomic mass is 16.8. The maximum Gasteiger partial charge on any atom is 0.303 e. The summed E-state index contributed by atoms with van der Waals surface area (Å²) in [6, 6.07) is 68.5. The van der Waals surface area contributed by atoms with Crippen LogP contribution >= 0.6 is 0 Å². The Morgan fingerprint density at radius 3 is 1.17 bits per heavy atom. The van der Waals surface area contributed by atoms with Crippen molar-refractivity contribution in [3.05, 3.63) is 264 Å². The summed E-state index contributed by atoms with van der Waals surface area (Å²) in [6.07, 6.45) is -9.23. The van der Waals surface area contributed by atoms with E-state index in [0.717, 1.165) is 38.9 Å². The van der Waals surface area contributed by atoms with Crippen LogP contribution in [0.5, 0.6) is 0 Å². The van der Waals surface area contributed by atoms with Gasteiger partial charge < -0.3 is 66.7 Å². The second-order valence-electron chi connectivity index (χ2n) is 20.9. The number of carbonyl (C=O) groups excluding carboxylic acids is 1. The van der Waals surface area contributed by atoms with Crippen LogP contribution in [-0.4, -0.2) is 111 Å². The van der Waals surface area contributed by atoms with Crippen LogP contribution < -0.4 is 0 Å². The SMILES string of the molecule is CC(=O)O[C@H]1[C@H](OC[C@H]2O[C@H](OC[C@H]3OC=C[C@@H](OCc4ccccc4)[C@@H]3OCc3ccccc3)[C@H](O)[C@@H](OCc3ccccc3)[C@@H]2OCc2ccccc2)O[C@H](COCc2ccccc2)[C@@H](OCc2ccccc2)[C@@H]1OCc1ccccc1. The van der Waals surface area contributed by atoms with Gasteiger partial charge in [0.05, 0.1) is 72.3 Å². The average Bonchev–Trinajstić information content (AvgIpc) is 2.89. The number of benzene rings is 7. The van der Waals surface area contributed by atoms with Gasteiger partial charge in [-0.1, -0.05) is 212 Å². The zero-order chi connectivity index (χ0) is 57.6. The van der Waals surface area contributed by atoms with Crippen molar-refractivity contribution in [1.29, 1.82) is 0 Å². The van der Waals surface area contributed by atoms with E-state index in [1.165, 1.54) is 6.92 Å². The van der Waals surface area contributed by atoms with E-state index in [1.807, 2.05) is 218 Å². The van der Waals surface area contributed by atoms with Crippen molar-refractivity contribution in [2.45, 2.75) is 133 Å². The fraction of sp³-hybridized carbons (Fsp3) is 0.348. The Hall–Kier alpha value is -6.93. The molecule has 0 saturated carbocycles. The first kappa shape index (κ1) is 60.2. The standard InChI is InChI=1S/C69H74O15/c1-49(70)82-67-66(79-45-56-35-21-8-22-36-56)64(77-43-54-31-17-6-18-32-54)59(46-72-39-50-23-9-2-10-24-50)84-69(67)81-48-60-63(76-42-53-29-15-5-16-30-53)65(78-44-55-33-19-7-20-34-55)61(71)68(83-60)80-47-58-62(75-41-52-27-13-4-14-28-52)57(37-38-73-58)74-40-51-25-11-3-12-26-51/h2-38,57-69,71H,39-48H2,1H3/t57-,58-,59-,60-,61-,62+,63-,64-,65-,66+,67-,68+,69-/m1/s1. The highest BCUT2D eigenvalue weighted by Crippen LogP contribution is 2.35. The Bertz CT molecular complexity index is 2980. The molecule has 3 aliphatic rings. The summed E-state index contributed by atoms with van der Waals surface area (Å²) in [7, 11) is 0. The fourth-order valence-corrected chi connectivity index (χ4v) is 10.4. The molecule has 1 N–H and O–H groups in total. The van der Waals surface area contributed by atoms with Crippen molar-refractivity contribution in [3.8, 4) is 0 Å². The van der Waals surface area contributed by atoms with Gasteiger partial charge in [0.15, 0.2) is 24.8 Å². The van der Waals surface area contributed by atoms with Crippen molar-refractivity contribution in [3.63, 3.8) is 0 Å². The average molecular weight is 1140 g/mol. The predicted molar refractivity (Wildman–Crippen MR) is 311 cm³/mol. The van der Waals surface area contributed by atoms with Gasteiger partial charge in [-0.3, -0.25) is 4.79 Å². The monoisotopic (exact) mass is 1140 g/mol. The molecule has 0 bridgehead atoms. The summed E-state index contributed by atoms with van der Waals surface area (Å²) in [6.45, 7) is 2.54. The summed E-state index contributed by atoms with van der Waals surface area (Å²) in [5.74, 6) is -0.589. The van der Waals surface area contributed by atoms with Gasteiger partial charge in [-0.05, 0) is 45.0 Å². The van der Waals surface area contributed by atoms with E-state index in [9.17, 15) is 9.90 Å². The van der Waals surface area contributed by atoms with Crippen molar-refractivity contribution < 1.29 is 71.5 Å². The molecule has 0 unspecified atom stereocenters. The van der Waals surface area contributed by atoms with Crippen LogP contribution in [-0.2, 0) is 113 Å². The summed E-state index contributed by atoms with van der Waals surface area (Å²) < 4.78 is 86.6. The molecule has 84 heavy (non-hydrogen) atoms. The van der Waals surface area contributed by atoms with Crippen molar-refractivity contribution in [2.75, 3.05) is 19.8 Å². The topological polar surface area (TPSA) is 157 Å². The van der Waals surface area contributed by atoms with E-state index < -0.39 is 85.7 Å². The molecule has 15 nitrogen and oxygen atoms in total. The van der Waals surface area contributed by atoms with Gasteiger partial charge in [0.25, 0.3) is 0 Å². The minimum atomic E-state index is -1.40. The molecule has 10 rings (SSSR count). The van der Waals surface area contributed by atoms with Crippen LogP contribution in [0.2, 0.25) is 0 Å². The number of hydrogen-bond donors (Lipinski definition) is 1. The normalized spacial score (nSPS) is 25.8. The molecule has 440 valence electrons.